The second-order valence-corrected chi connectivity index (χ2v) is 7.99. The fourth-order valence-electron chi connectivity index (χ4n) is 4.16. The van der Waals surface area contributed by atoms with Gasteiger partial charge in [-0.15, -0.1) is 0 Å². The molecule has 1 aliphatic carbocycles. The van der Waals surface area contributed by atoms with Gasteiger partial charge in [-0.3, -0.25) is 14.4 Å². The highest BCUT2D eigenvalue weighted by molar-refractivity contribution is 6.30. The molecule has 2 aromatic carbocycles. The molecular weight excluding hydrogens is 366 g/mol. The molecule has 0 radical (unpaired) electrons. The van der Waals surface area contributed by atoms with Gasteiger partial charge in [-0.1, -0.05) is 50.2 Å². The maximum absolute atomic E-state index is 13.3. The second-order valence-electron chi connectivity index (χ2n) is 7.99. The molecule has 0 aromatic heterocycles. The monoisotopic (exact) mass is 391 g/mol. The van der Waals surface area contributed by atoms with Gasteiger partial charge in [-0.05, 0) is 12.0 Å². The Balaban J connectivity index is 1.81. The van der Waals surface area contributed by atoms with E-state index in [0.29, 0.717) is 47.6 Å². The molecular formula is C23H25N3O3. The van der Waals surface area contributed by atoms with E-state index in [1.807, 2.05) is 24.8 Å². The number of carbonyl (C=O) groups excluding carboxylic acids is 3. The van der Waals surface area contributed by atoms with Gasteiger partial charge in [-0.25, -0.2) is 0 Å². The maximum atomic E-state index is 13.3. The normalized spacial score (nSPS) is 19.7. The zero-order chi connectivity index (χ0) is 20.7. The van der Waals surface area contributed by atoms with Gasteiger partial charge in [0, 0.05) is 42.0 Å². The molecule has 2 aliphatic rings. The fourth-order valence-corrected chi connectivity index (χ4v) is 4.16. The first-order chi connectivity index (χ1) is 13.9. The molecule has 3 N–H and O–H groups in total. The Morgan fingerprint density at radius 2 is 1.69 bits per heavy atom. The minimum absolute atomic E-state index is 0.0195. The van der Waals surface area contributed by atoms with Gasteiger partial charge >= 0.3 is 0 Å². The van der Waals surface area contributed by atoms with Crippen LogP contribution in [0.4, 0.5) is 5.69 Å². The van der Waals surface area contributed by atoms with Crippen molar-refractivity contribution in [2.45, 2.75) is 25.9 Å². The van der Waals surface area contributed by atoms with Gasteiger partial charge in [0.2, 0.25) is 0 Å². The van der Waals surface area contributed by atoms with E-state index in [0.717, 1.165) is 0 Å². The number of nitrogens with zero attached hydrogens (tertiary/aromatic N) is 1. The van der Waals surface area contributed by atoms with E-state index >= 15 is 0 Å². The molecule has 2 atom stereocenters. The molecule has 2 aromatic rings. The highest BCUT2D eigenvalue weighted by Gasteiger charge is 2.38. The quantitative estimate of drug-likeness (QED) is 0.705. The fraction of sp³-hybridized carbons (Fsp3) is 0.348. The van der Waals surface area contributed by atoms with Crippen molar-refractivity contribution in [2.75, 3.05) is 24.5 Å². The summed E-state index contributed by atoms with van der Waals surface area (Å²) < 4.78 is 0. The van der Waals surface area contributed by atoms with Crippen LogP contribution in [-0.4, -0.2) is 49.1 Å². The van der Waals surface area contributed by atoms with Gasteiger partial charge < -0.3 is 16.0 Å². The summed E-state index contributed by atoms with van der Waals surface area (Å²) in [6.45, 7) is 5.55. The Bertz CT molecular complexity index is 999. The lowest BCUT2D eigenvalue weighted by molar-refractivity contribution is -0.122. The molecule has 4 rings (SSSR count). The van der Waals surface area contributed by atoms with Crippen molar-refractivity contribution >= 4 is 23.0 Å². The Morgan fingerprint density at radius 1 is 1.03 bits per heavy atom. The van der Waals surface area contributed by atoms with Crippen molar-refractivity contribution in [1.82, 2.24) is 5.32 Å². The van der Waals surface area contributed by atoms with Crippen LogP contribution in [0.1, 0.15) is 45.7 Å². The minimum atomic E-state index is -0.583. The molecule has 0 amide bonds. The standard InChI is InChI=1S/C23H25N3O3/c1-13(2)20(24)23(29)18-12-25-10-11-26(18)17-9-5-8-16-19(17)22(28)15-7-4-3-6-14(15)21(16)27/h3-9,13,18,20,25H,10-12,24H2,1-2H3/t18?,20-/m0/s1. The Hall–Kier alpha value is -2.83. The van der Waals surface area contributed by atoms with Gasteiger partial charge in [0.25, 0.3) is 0 Å². The third kappa shape index (κ3) is 3.18. The van der Waals surface area contributed by atoms with E-state index in [1.54, 1.807) is 36.4 Å². The lowest BCUT2D eigenvalue weighted by Gasteiger charge is -2.40. The van der Waals surface area contributed by atoms with Crippen LogP contribution in [-0.2, 0) is 4.79 Å². The predicted octanol–water partition coefficient (Wildman–Crippen LogP) is 1.79. The van der Waals surface area contributed by atoms with E-state index in [-0.39, 0.29) is 23.3 Å². The summed E-state index contributed by atoms with van der Waals surface area (Å²) in [7, 11) is 0. The highest BCUT2D eigenvalue weighted by atomic mass is 16.1. The average Bonchev–Trinajstić information content (AvgIpc) is 2.75. The van der Waals surface area contributed by atoms with Crippen LogP contribution >= 0.6 is 0 Å². The number of piperazine rings is 1. The van der Waals surface area contributed by atoms with Crippen LogP contribution in [0.15, 0.2) is 42.5 Å². The molecule has 1 heterocycles. The summed E-state index contributed by atoms with van der Waals surface area (Å²) in [5.74, 6) is -0.372. The summed E-state index contributed by atoms with van der Waals surface area (Å²) in [6, 6.07) is 11.1. The first-order valence-electron chi connectivity index (χ1n) is 10.00. The first-order valence-corrected chi connectivity index (χ1v) is 10.00. The number of rotatable bonds is 4. The van der Waals surface area contributed by atoms with Crippen molar-refractivity contribution < 1.29 is 14.4 Å². The Kier molecular flexibility index (Phi) is 5.06. The molecule has 150 valence electrons. The lowest BCUT2D eigenvalue weighted by atomic mass is 9.82. The van der Waals surface area contributed by atoms with Crippen molar-refractivity contribution in [2.24, 2.45) is 11.7 Å². The van der Waals surface area contributed by atoms with Crippen molar-refractivity contribution in [3.05, 3.63) is 64.7 Å². The van der Waals surface area contributed by atoms with Crippen molar-refractivity contribution in [3.8, 4) is 0 Å². The number of ketones is 3. The molecule has 1 aliphatic heterocycles. The third-order valence-electron chi connectivity index (χ3n) is 5.86. The Morgan fingerprint density at radius 3 is 2.38 bits per heavy atom. The summed E-state index contributed by atoms with van der Waals surface area (Å²) in [4.78, 5) is 41.4. The molecule has 0 bridgehead atoms. The molecule has 1 saturated heterocycles. The van der Waals surface area contributed by atoms with Crippen LogP contribution < -0.4 is 16.0 Å². The minimum Gasteiger partial charge on any atom is -0.358 e. The summed E-state index contributed by atoms with van der Waals surface area (Å²) in [5.41, 5.74) is 8.40. The predicted molar refractivity (Wildman–Crippen MR) is 112 cm³/mol. The number of nitrogens with two attached hydrogens (primary N) is 1. The number of Topliss-reactive ketones (excluding diaryl/α,β-unsaturated/α-hetero) is 1. The van der Waals surface area contributed by atoms with Crippen LogP contribution in [0.25, 0.3) is 0 Å². The molecule has 1 fully saturated rings. The average molecular weight is 391 g/mol. The van der Waals surface area contributed by atoms with Gasteiger partial charge in [0.1, 0.15) is 6.04 Å². The number of hydrogen-bond donors (Lipinski definition) is 2. The molecule has 0 saturated carbocycles. The van der Waals surface area contributed by atoms with E-state index < -0.39 is 12.1 Å². The van der Waals surface area contributed by atoms with Crippen molar-refractivity contribution in [1.29, 1.82) is 0 Å². The summed E-state index contributed by atoms with van der Waals surface area (Å²) in [6.07, 6.45) is 0. The zero-order valence-corrected chi connectivity index (χ0v) is 16.6. The van der Waals surface area contributed by atoms with Gasteiger partial charge in [0.15, 0.2) is 17.3 Å². The van der Waals surface area contributed by atoms with Crippen LogP contribution in [0.2, 0.25) is 0 Å². The van der Waals surface area contributed by atoms with Crippen LogP contribution in [0, 0.1) is 5.92 Å². The van der Waals surface area contributed by atoms with Gasteiger partial charge in [-0.2, -0.15) is 0 Å². The lowest BCUT2D eigenvalue weighted by Crippen LogP contribution is -2.59. The zero-order valence-electron chi connectivity index (χ0n) is 16.6. The first kappa shape index (κ1) is 19.5. The third-order valence-corrected chi connectivity index (χ3v) is 5.86. The Labute approximate surface area is 170 Å². The molecule has 29 heavy (non-hydrogen) atoms. The number of carbonyl (C=O) groups is 3. The topological polar surface area (TPSA) is 92.5 Å². The summed E-state index contributed by atoms with van der Waals surface area (Å²) in [5, 5.41) is 3.26. The molecule has 0 spiro atoms. The number of anilines is 1. The van der Waals surface area contributed by atoms with E-state index in [4.69, 9.17) is 5.73 Å². The number of fused-ring (bicyclic) bond motifs is 2. The number of hydrogen-bond acceptors (Lipinski definition) is 6. The van der Waals surface area contributed by atoms with E-state index in [9.17, 15) is 14.4 Å². The molecule has 1 unspecified atom stereocenters. The SMILES string of the molecule is CC(C)[C@H](N)C(=O)C1CNCCN1c1cccc2c1C(=O)c1ccccc1C2=O. The van der Waals surface area contributed by atoms with Crippen LogP contribution in [0.5, 0.6) is 0 Å². The smallest absolute Gasteiger partial charge is 0.196 e. The second kappa shape index (κ2) is 7.54. The van der Waals surface area contributed by atoms with E-state index in [2.05, 4.69) is 5.32 Å². The summed E-state index contributed by atoms with van der Waals surface area (Å²) >= 11 is 0. The highest BCUT2D eigenvalue weighted by Crippen LogP contribution is 2.35. The van der Waals surface area contributed by atoms with Crippen LogP contribution in [0.3, 0.4) is 0 Å². The molecule has 6 heteroatoms. The van der Waals surface area contributed by atoms with Crippen molar-refractivity contribution in [3.63, 3.8) is 0 Å². The van der Waals surface area contributed by atoms with Gasteiger partial charge in [0.05, 0.1) is 11.6 Å². The largest absolute Gasteiger partial charge is 0.358 e. The number of nitrogens with one attached hydrogen (secondary N) is 1. The molecule has 6 nitrogen and oxygen atoms in total. The number of benzene rings is 2. The van der Waals surface area contributed by atoms with E-state index in [1.165, 1.54) is 0 Å². The maximum Gasteiger partial charge on any atom is 0.196 e.